The van der Waals surface area contributed by atoms with Crippen LogP contribution in [0.2, 0.25) is 0 Å². The van der Waals surface area contributed by atoms with Gasteiger partial charge < -0.3 is 45.5 Å². The molecule has 8 N–H and O–H groups in total. The number of aliphatic hydroxyl groups excluding tert-OH is 2. The summed E-state index contributed by atoms with van der Waals surface area (Å²) in [6.45, 7) is 3.53. The van der Waals surface area contributed by atoms with Gasteiger partial charge in [-0.05, 0) is 13.0 Å². The first kappa shape index (κ1) is 36.1. The number of hydrogen-bond donors (Lipinski definition) is 7. The first-order valence-corrected chi connectivity index (χ1v) is 15.6. The van der Waals surface area contributed by atoms with E-state index in [0.29, 0.717) is 0 Å². The van der Waals surface area contributed by atoms with Crippen molar-refractivity contribution in [1.82, 2.24) is 0 Å². The Labute approximate surface area is 268 Å². The third kappa shape index (κ3) is 6.94. The topological polar surface area (TPSA) is 270 Å². The molecule has 0 aromatic heterocycles. The molecule has 17 heteroatoms. The Morgan fingerprint density at radius 2 is 1.83 bits per heavy atom. The van der Waals surface area contributed by atoms with Crippen LogP contribution in [-0.4, -0.2) is 106 Å². The number of aromatic hydroxyl groups is 2. The van der Waals surface area contributed by atoms with E-state index in [2.05, 4.69) is 10.8 Å². The monoisotopic (exact) mass is 681 g/mol. The number of ketones is 3. The number of ether oxygens (including phenoxy) is 3. The van der Waals surface area contributed by atoms with Gasteiger partial charge in [0, 0.05) is 42.0 Å². The van der Waals surface area contributed by atoms with Crippen LogP contribution in [0.15, 0.2) is 30.9 Å². The lowest BCUT2D eigenvalue weighted by Crippen LogP contribution is -2.53. The van der Waals surface area contributed by atoms with Crippen LogP contribution in [0.3, 0.4) is 0 Å². The summed E-state index contributed by atoms with van der Waals surface area (Å²) in [7, 11) is -2.94. The van der Waals surface area contributed by atoms with Crippen molar-refractivity contribution in [3.63, 3.8) is 0 Å². The summed E-state index contributed by atoms with van der Waals surface area (Å²) in [5.41, 5.74) is 2.37. The Bertz CT molecular complexity index is 1700. The summed E-state index contributed by atoms with van der Waals surface area (Å²) in [6, 6.07) is 3.64. The Morgan fingerprint density at radius 3 is 2.38 bits per heavy atom. The van der Waals surface area contributed by atoms with E-state index in [4.69, 9.17) is 24.5 Å². The number of hydrogen-bond acceptors (Lipinski definition) is 15. The summed E-state index contributed by atoms with van der Waals surface area (Å²) in [5.74, 6) is -3.77. The van der Waals surface area contributed by atoms with Crippen LogP contribution < -0.4 is 10.5 Å². The summed E-state index contributed by atoms with van der Waals surface area (Å²) in [6.07, 6.45) is -3.91. The number of carbonyl (C=O) groups excluding carboxylic acids is 3. The lowest BCUT2D eigenvalue weighted by atomic mass is 9.72. The van der Waals surface area contributed by atoms with Gasteiger partial charge in [-0.2, -0.15) is 8.42 Å². The molecule has 1 aliphatic heterocycles. The van der Waals surface area contributed by atoms with Gasteiger partial charge in [-0.25, -0.2) is 4.18 Å². The fourth-order valence-corrected chi connectivity index (χ4v) is 6.15. The average Bonchev–Trinajstić information content (AvgIpc) is 3.01. The molecule has 6 atom stereocenters. The average molecular weight is 682 g/mol. The van der Waals surface area contributed by atoms with E-state index >= 15 is 0 Å². The zero-order chi connectivity index (χ0) is 35.0. The molecule has 1 fully saturated rings. The van der Waals surface area contributed by atoms with Gasteiger partial charge in [0.1, 0.15) is 29.5 Å². The predicted molar refractivity (Wildman–Crippen MR) is 159 cm³/mol. The fraction of sp³-hybridized carbons (Fsp3) is 0.433. The highest BCUT2D eigenvalue weighted by Gasteiger charge is 2.50. The van der Waals surface area contributed by atoms with Gasteiger partial charge in [0.25, 0.3) is 0 Å². The third-order valence-electron chi connectivity index (χ3n) is 8.14. The minimum atomic E-state index is -4.26. The lowest BCUT2D eigenvalue weighted by Gasteiger charge is -2.42. The highest BCUT2D eigenvalue weighted by atomic mass is 32.3. The predicted octanol–water partition coefficient (Wildman–Crippen LogP) is -0.00690. The van der Waals surface area contributed by atoms with Crippen molar-refractivity contribution in [1.29, 1.82) is 0 Å². The Kier molecular flexibility index (Phi) is 10.6. The van der Waals surface area contributed by atoms with Crippen LogP contribution >= 0.6 is 0 Å². The number of aliphatic hydroxyl groups is 3. The molecule has 0 radical (unpaired) electrons. The minimum absolute atomic E-state index is 0.0173. The molecule has 2 aromatic rings. The van der Waals surface area contributed by atoms with Gasteiger partial charge in [0.15, 0.2) is 17.9 Å². The maximum atomic E-state index is 13.6. The fourth-order valence-electron chi connectivity index (χ4n) is 5.88. The Hall–Kier alpha value is -3.78. The lowest BCUT2D eigenvalue weighted by molar-refractivity contribution is -0.247. The molecule has 2 aliphatic carbocycles. The SMILES string of the molecule is C=CCOS(=O)(=O)O.COc1cccc2c1C(=O)c1c(O)c3c(c(O)c1C2=O)C[C@@](O)(C(=O)CO)C[C@@H]3O[C@H]1C[C@H](N)[C@H](O)[C@H](C)O1. The van der Waals surface area contributed by atoms with E-state index in [-0.39, 0.29) is 41.0 Å². The van der Waals surface area contributed by atoms with E-state index in [9.17, 15) is 48.3 Å². The zero-order valence-corrected chi connectivity index (χ0v) is 26.1. The molecule has 256 valence electrons. The standard InChI is InChI=1S/C27H29NO11.C3H6O4S/c1-10-22(31)13(28)6-17(38-10)39-15-8-27(36,16(30)9-29)7-12-19(15)26(35)21-20(24(12)33)23(32)11-4-3-5-14(37-2)18(11)25(21)34;1-2-3-7-8(4,5)6/h3-5,10,13,15,17,22,29,31,33,35-36H,6-9,28H2,1-2H3;2H,1,3H2,(H,4,5,6)/t10-,13-,15-,17-,22+,27-;/m0./s1. The molecule has 0 bridgehead atoms. The number of Topliss-reactive ketones (excluding diaryl/α,β-unsaturated/α-hetero) is 1. The van der Waals surface area contributed by atoms with Crippen molar-refractivity contribution in [3.8, 4) is 17.2 Å². The molecule has 5 rings (SSSR count). The normalized spacial score (nSPS) is 26.7. The van der Waals surface area contributed by atoms with Crippen molar-refractivity contribution < 1.29 is 71.3 Å². The molecule has 2 aromatic carbocycles. The molecule has 3 aliphatic rings. The number of carbonyl (C=O) groups is 3. The molecular formula is C30H35NO15S. The minimum Gasteiger partial charge on any atom is -0.507 e. The Morgan fingerprint density at radius 1 is 1.17 bits per heavy atom. The summed E-state index contributed by atoms with van der Waals surface area (Å²) in [4.78, 5) is 39.7. The molecule has 0 amide bonds. The molecule has 47 heavy (non-hydrogen) atoms. The van der Waals surface area contributed by atoms with Gasteiger partial charge in [-0.15, -0.1) is 6.58 Å². The number of nitrogens with two attached hydrogens (primary N) is 1. The second-order valence-electron chi connectivity index (χ2n) is 11.2. The van der Waals surface area contributed by atoms with Gasteiger partial charge >= 0.3 is 10.4 Å². The second-order valence-corrected chi connectivity index (χ2v) is 12.3. The largest absolute Gasteiger partial charge is 0.507 e. The molecule has 1 heterocycles. The third-order valence-corrected chi connectivity index (χ3v) is 8.57. The van der Waals surface area contributed by atoms with E-state index in [0.717, 1.165) is 0 Å². The van der Waals surface area contributed by atoms with Crippen molar-refractivity contribution in [3.05, 3.63) is 64.2 Å². The van der Waals surface area contributed by atoms with E-state index < -0.39 is 106 Å². The Balaban J connectivity index is 0.000000555. The number of phenolic OH excluding ortho intramolecular Hbond substituents is 2. The van der Waals surface area contributed by atoms with Gasteiger partial charge in [0.05, 0.1) is 48.7 Å². The smallest absolute Gasteiger partial charge is 0.397 e. The van der Waals surface area contributed by atoms with Crippen molar-refractivity contribution in [2.45, 2.75) is 62.4 Å². The number of rotatable bonds is 8. The number of benzene rings is 2. The summed E-state index contributed by atoms with van der Waals surface area (Å²) >= 11 is 0. The van der Waals surface area contributed by atoms with E-state index in [1.54, 1.807) is 6.92 Å². The molecule has 0 saturated carbocycles. The van der Waals surface area contributed by atoms with E-state index in [1.165, 1.54) is 31.4 Å². The van der Waals surface area contributed by atoms with Crippen LogP contribution in [0, 0.1) is 0 Å². The maximum absolute atomic E-state index is 13.6. The first-order valence-electron chi connectivity index (χ1n) is 14.2. The van der Waals surface area contributed by atoms with Gasteiger partial charge in [-0.3, -0.25) is 18.9 Å². The number of fused-ring (bicyclic) bond motifs is 3. The number of methoxy groups -OCH3 is 1. The van der Waals surface area contributed by atoms with Gasteiger partial charge in [-0.1, -0.05) is 18.2 Å². The molecular weight excluding hydrogens is 646 g/mol. The highest BCUT2D eigenvalue weighted by molar-refractivity contribution is 7.80. The van der Waals surface area contributed by atoms with Crippen molar-refractivity contribution in [2.75, 3.05) is 20.3 Å². The van der Waals surface area contributed by atoms with Crippen LogP contribution in [0.4, 0.5) is 0 Å². The molecule has 0 unspecified atom stereocenters. The number of phenols is 2. The highest BCUT2D eigenvalue weighted by Crippen LogP contribution is 2.52. The first-order chi connectivity index (χ1) is 22.0. The van der Waals surface area contributed by atoms with Crippen LogP contribution in [0.1, 0.15) is 68.8 Å². The maximum Gasteiger partial charge on any atom is 0.397 e. The second kappa shape index (κ2) is 13.8. The van der Waals surface area contributed by atoms with Crippen molar-refractivity contribution >= 4 is 27.7 Å². The molecule has 1 saturated heterocycles. The van der Waals surface area contributed by atoms with Crippen LogP contribution in [-0.2, 0) is 35.3 Å². The molecule has 0 spiro atoms. The zero-order valence-electron chi connectivity index (χ0n) is 25.3. The van der Waals surface area contributed by atoms with Gasteiger partial charge in [0.2, 0.25) is 5.78 Å². The molecule has 16 nitrogen and oxygen atoms in total. The van der Waals surface area contributed by atoms with Crippen molar-refractivity contribution in [2.24, 2.45) is 5.73 Å². The summed E-state index contributed by atoms with van der Waals surface area (Å²) < 4.78 is 48.0. The van der Waals surface area contributed by atoms with Crippen LogP contribution in [0.5, 0.6) is 17.2 Å². The van der Waals surface area contributed by atoms with Crippen LogP contribution in [0.25, 0.3) is 0 Å². The summed E-state index contributed by atoms with van der Waals surface area (Å²) in [5, 5.41) is 53.7. The van der Waals surface area contributed by atoms with E-state index in [1.807, 2.05) is 0 Å². The quantitative estimate of drug-likeness (QED) is 0.0936.